The fraction of sp³-hybridized carbons (Fsp3) is 0.588. The van der Waals surface area contributed by atoms with Gasteiger partial charge in [0.1, 0.15) is 0 Å². The molecule has 1 rings (SSSR count). The van der Waals surface area contributed by atoms with E-state index in [0.29, 0.717) is 19.8 Å². The molecule has 0 radical (unpaired) electrons. The van der Waals surface area contributed by atoms with Crippen LogP contribution in [-0.2, 0) is 9.47 Å². The zero-order valence-electron chi connectivity index (χ0n) is 14.3. The summed E-state index contributed by atoms with van der Waals surface area (Å²) in [4.78, 5) is 14.5. The summed E-state index contributed by atoms with van der Waals surface area (Å²) < 4.78 is 10.1. The lowest BCUT2D eigenvalue weighted by Crippen LogP contribution is -2.29. The maximum atomic E-state index is 12.3. The predicted octanol–water partition coefficient (Wildman–Crippen LogP) is 2.01. The Hall–Kier alpha value is -1.43. The van der Waals surface area contributed by atoms with E-state index in [1.165, 1.54) is 0 Å². The van der Waals surface area contributed by atoms with Crippen LogP contribution in [-0.4, -0.2) is 58.4 Å². The number of nitrogens with one attached hydrogen (secondary N) is 1. The highest BCUT2D eigenvalue weighted by Crippen LogP contribution is 2.21. The van der Waals surface area contributed by atoms with Gasteiger partial charge in [-0.3, -0.25) is 9.69 Å². The summed E-state index contributed by atoms with van der Waals surface area (Å²) in [5, 5.41) is 2.87. The smallest absolute Gasteiger partial charge is 0.251 e. The van der Waals surface area contributed by atoms with Gasteiger partial charge in [-0.25, -0.2) is 0 Å². The normalized spacial score (nSPS) is 12.5. The lowest BCUT2D eigenvalue weighted by atomic mass is 10.00. The molecule has 5 nitrogen and oxygen atoms in total. The molecule has 1 unspecified atom stereocenters. The molecule has 0 aromatic heterocycles. The Bertz CT molecular complexity index is 477. The summed E-state index contributed by atoms with van der Waals surface area (Å²) in [5.41, 5.74) is 2.83. The molecule has 0 aliphatic heterocycles. The Kier molecular flexibility index (Phi) is 8.09. The van der Waals surface area contributed by atoms with Crippen molar-refractivity contribution >= 4 is 5.91 Å². The van der Waals surface area contributed by atoms with E-state index in [-0.39, 0.29) is 11.9 Å². The molecule has 22 heavy (non-hydrogen) atoms. The lowest BCUT2D eigenvalue weighted by molar-refractivity contribution is 0.0936. The fourth-order valence-electron chi connectivity index (χ4n) is 2.19. The third-order valence-corrected chi connectivity index (χ3v) is 3.89. The largest absolute Gasteiger partial charge is 0.383 e. The first-order valence-electron chi connectivity index (χ1n) is 7.58. The van der Waals surface area contributed by atoms with Crippen LogP contribution >= 0.6 is 0 Å². The average Bonchev–Trinajstić information content (AvgIpc) is 2.52. The number of nitrogens with zero attached hydrogens (tertiary/aromatic N) is 1. The van der Waals surface area contributed by atoms with Gasteiger partial charge in [0.15, 0.2) is 0 Å². The Balaban J connectivity index is 2.82. The zero-order chi connectivity index (χ0) is 16.5. The molecule has 0 saturated heterocycles. The van der Waals surface area contributed by atoms with E-state index in [4.69, 9.17) is 9.47 Å². The van der Waals surface area contributed by atoms with Gasteiger partial charge in [0.25, 0.3) is 5.91 Å². The number of hydrogen-bond acceptors (Lipinski definition) is 4. The topological polar surface area (TPSA) is 50.8 Å². The number of rotatable bonds is 9. The van der Waals surface area contributed by atoms with Crippen molar-refractivity contribution < 1.29 is 14.3 Å². The average molecular weight is 308 g/mol. The van der Waals surface area contributed by atoms with E-state index in [1.807, 2.05) is 19.1 Å². The van der Waals surface area contributed by atoms with Gasteiger partial charge in [-0.15, -0.1) is 0 Å². The molecule has 0 bridgehead atoms. The molecule has 1 amide bonds. The Morgan fingerprint density at radius 2 is 1.95 bits per heavy atom. The molecule has 1 aromatic rings. The molecule has 0 heterocycles. The molecular formula is C17H28N2O3. The molecule has 0 fully saturated rings. The molecule has 124 valence electrons. The number of hydrogen-bond donors (Lipinski definition) is 1. The first-order chi connectivity index (χ1) is 10.5. The number of carbonyl (C=O) groups excluding carboxylic acids is 1. The molecule has 1 atom stereocenters. The van der Waals surface area contributed by atoms with E-state index >= 15 is 0 Å². The first-order valence-corrected chi connectivity index (χ1v) is 7.58. The van der Waals surface area contributed by atoms with Crippen LogP contribution in [0.3, 0.4) is 0 Å². The number of benzene rings is 1. The van der Waals surface area contributed by atoms with Gasteiger partial charge in [-0.2, -0.15) is 0 Å². The van der Waals surface area contributed by atoms with Crippen LogP contribution in [0.4, 0.5) is 0 Å². The minimum Gasteiger partial charge on any atom is -0.383 e. The zero-order valence-corrected chi connectivity index (χ0v) is 14.3. The van der Waals surface area contributed by atoms with Crippen LogP contribution in [0.5, 0.6) is 0 Å². The van der Waals surface area contributed by atoms with Crippen LogP contribution in [0.15, 0.2) is 18.2 Å². The molecule has 1 aromatic carbocycles. The molecule has 1 N–H and O–H groups in total. The van der Waals surface area contributed by atoms with Crippen molar-refractivity contribution in [3.8, 4) is 0 Å². The van der Waals surface area contributed by atoms with Gasteiger partial charge >= 0.3 is 0 Å². The highest BCUT2D eigenvalue weighted by Gasteiger charge is 2.15. The van der Waals surface area contributed by atoms with E-state index in [9.17, 15) is 4.79 Å². The number of amides is 1. The van der Waals surface area contributed by atoms with Gasteiger partial charge in [-0.05, 0) is 38.1 Å². The van der Waals surface area contributed by atoms with Crippen molar-refractivity contribution in [3.05, 3.63) is 34.9 Å². The summed E-state index contributed by atoms with van der Waals surface area (Å²) in [5.74, 6) is -0.0526. The summed E-state index contributed by atoms with van der Waals surface area (Å²) in [6, 6.07) is 6.28. The third kappa shape index (κ3) is 5.40. The SMILES string of the molecule is COCCNC(=O)c1cc(C(C)N(C)CCOC)ccc1C. The first kappa shape index (κ1) is 18.6. The maximum Gasteiger partial charge on any atom is 0.251 e. The highest BCUT2D eigenvalue weighted by molar-refractivity contribution is 5.95. The van der Waals surface area contributed by atoms with Gasteiger partial charge in [0, 0.05) is 38.9 Å². The van der Waals surface area contributed by atoms with E-state index in [1.54, 1.807) is 14.2 Å². The number of likely N-dealkylation sites (N-methyl/N-ethyl adjacent to an activating group) is 1. The third-order valence-electron chi connectivity index (χ3n) is 3.89. The second kappa shape index (κ2) is 9.56. The van der Waals surface area contributed by atoms with Crippen LogP contribution in [0, 0.1) is 6.92 Å². The number of aryl methyl sites for hydroxylation is 1. The number of ether oxygens (including phenoxy) is 2. The Morgan fingerprint density at radius 1 is 1.27 bits per heavy atom. The second-order valence-electron chi connectivity index (χ2n) is 5.47. The fourth-order valence-corrected chi connectivity index (χ4v) is 2.19. The second-order valence-corrected chi connectivity index (χ2v) is 5.47. The highest BCUT2D eigenvalue weighted by atomic mass is 16.5. The molecule has 0 spiro atoms. The quantitative estimate of drug-likeness (QED) is 0.709. The van der Waals surface area contributed by atoms with Crippen LogP contribution in [0.2, 0.25) is 0 Å². The van der Waals surface area contributed by atoms with E-state index in [0.717, 1.165) is 23.2 Å². The summed E-state index contributed by atoms with van der Waals surface area (Å²) in [6.45, 7) is 6.65. The van der Waals surface area contributed by atoms with Gasteiger partial charge in [0.05, 0.1) is 13.2 Å². The number of carbonyl (C=O) groups is 1. The van der Waals surface area contributed by atoms with Crippen LogP contribution in [0.25, 0.3) is 0 Å². The van der Waals surface area contributed by atoms with Gasteiger partial charge in [-0.1, -0.05) is 12.1 Å². The lowest BCUT2D eigenvalue weighted by Gasteiger charge is -2.25. The van der Waals surface area contributed by atoms with Crippen molar-refractivity contribution in [1.29, 1.82) is 0 Å². The standard InChI is InChI=1S/C17H28N2O3/c1-13-6-7-15(14(2)19(3)9-11-22-5)12-16(13)17(20)18-8-10-21-4/h6-7,12,14H,8-11H2,1-5H3,(H,18,20). The van der Waals surface area contributed by atoms with Crippen LogP contribution in [0.1, 0.15) is 34.5 Å². The van der Waals surface area contributed by atoms with E-state index in [2.05, 4.69) is 30.3 Å². The maximum absolute atomic E-state index is 12.3. The summed E-state index contributed by atoms with van der Waals surface area (Å²) in [6.07, 6.45) is 0. The minimum atomic E-state index is -0.0526. The molecule has 5 heteroatoms. The molecule has 0 aliphatic rings. The minimum absolute atomic E-state index is 0.0526. The van der Waals surface area contributed by atoms with Crippen molar-refractivity contribution in [3.63, 3.8) is 0 Å². The predicted molar refractivity (Wildman–Crippen MR) is 88.3 cm³/mol. The van der Waals surface area contributed by atoms with Crippen molar-refractivity contribution in [2.45, 2.75) is 19.9 Å². The number of methoxy groups -OCH3 is 2. The Labute approximate surface area is 133 Å². The monoisotopic (exact) mass is 308 g/mol. The molecule has 0 aliphatic carbocycles. The summed E-state index contributed by atoms with van der Waals surface area (Å²) in [7, 11) is 5.38. The Morgan fingerprint density at radius 3 is 2.59 bits per heavy atom. The summed E-state index contributed by atoms with van der Waals surface area (Å²) >= 11 is 0. The van der Waals surface area contributed by atoms with Crippen molar-refractivity contribution in [2.24, 2.45) is 0 Å². The van der Waals surface area contributed by atoms with Crippen molar-refractivity contribution in [1.82, 2.24) is 10.2 Å². The van der Waals surface area contributed by atoms with Crippen LogP contribution < -0.4 is 5.32 Å². The molecular weight excluding hydrogens is 280 g/mol. The van der Waals surface area contributed by atoms with Crippen molar-refractivity contribution in [2.75, 3.05) is 47.6 Å². The van der Waals surface area contributed by atoms with E-state index < -0.39 is 0 Å². The van der Waals surface area contributed by atoms with Gasteiger partial charge < -0.3 is 14.8 Å². The van der Waals surface area contributed by atoms with Gasteiger partial charge in [0.2, 0.25) is 0 Å². The molecule has 0 saturated carbocycles.